The van der Waals surface area contributed by atoms with Crippen LogP contribution in [0, 0.1) is 0 Å². The number of hydrazone groups is 1. The van der Waals surface area contributed by atoms with Gasteiger partial charge < -0.3 is 14.7 Å². The van der Waals surface area contributed by atoms with Crippen molar-refractivity contribution in [3.8, 4) is 5.75 Å². The zero-order valence-electron chi connectivity index (χ0n) is 13.3. The van der Waals surface area contributed by atoms with Crippen LogP contribution in [0.15, 0.2) is 52.6 Å². The molecule has 0 aliphatic carbocycles. The molecule has 3 N–H and O–H groups in total. The first-order valence-electron chi connectivity index (χ1n) is 7.54. The maximum atomic E-state index is 11.7. The van der Waals surface area contributed by atoms with Gasteiger partial charge in [0.1, 0.15) is 5.75 Å². The third kappa shape index (κ3) is 2.69. The fourth-order valence-electron chi connectivity index (χ4n) is 2.64. The minimum atomic E-state index is -0.287. The zero-order valence-corrected chi connectivity index (χ0v) is 13.3. The highest BCUT2D eigenvalue weighted by atomic mass is 16.5. The van der Waals surface area contributed by atoms with E-state index in [-0.39, 0.29) is 5.56 Å². The van der Waals surface area contributed by atoms with Crippen molar-refractivity contribution < 1.29 is 4.74 Å². The van der Waals surface area contributed by atoms with Crippen LogP contribution >= 0.6 is 0 Å². The molecule has 0 saturated heterocycles. The number of benzene rings is 2. The molecular weight excluding hydrogens is 320 g/mol. The van der Waals surface area contributed by atoms with Crippen molar-refractivity contribution in [3.63, 3.8) is 0 Å². The Labute approximate surface area is 141 Å². The predicted octanol–water partition coefficient (Wildman–Crippen LogP) is 2.25. The second kappa shape index (κ2) is 6.08. The molecule has 2 heterocycles. The number of rotatable bonds is 4. The molecule has 0 radical (unpaired) electrons. The monoisotopic (exact) mass is 334 g/mol. The van der Waals surface area contributed by atoms with Crippen LogP contribution in [0.3, 0.4) is 0 Å². The quantitative estimate of drug-likeness (QED) is 0.392. The predicted molar refractivity (Wildman–Crippen MR) is 96.2 cm³/mol. The van der Waals surface area contributed by atoms with Crippen LogP contribution in [0.4, 0.5) is 5.95 Å². The number of imidazole rings is 1. The van der Waals surface area contributed by atoms with Crippen LogP contribution in [0.25, 0.3) is 21.9 Å². The summed E-state index contributed by atoms with van der Waals surface area (Å²) in [6.45, 7) is 0. The second-order valence-electron chi connectivity index (χ2n) is 5.29. The van der Waals surface area contributed by atoms with E-state index in [9.17, 15) is 4.79 Å². The Morgan fingerprint density at radius 1 is 1.24 bits per heavy atom. The summed E-state index contributed by atoms with van der Waals surface area (Å²) in [4.78, 5) is 25.1. The average Bonchev–Trinajstić information content (AvgIpc) is 3.06. The summed E-state index contributed by atoms with van der Waals surface area (Å²) in [6.07, 6.45) is 2.96. The SMILES string of the molecule is COc1ccc2ccccc2c1/C=N\Nc1nc2nc[nH]c(=O)c2[nH]1. The number of anilines is 1. The van der Waals surface area contributed by atoms with Gasteiger partial charge in [-0.1, -0.05) is 30.3 Å². The Morgan fingerprint density at radius 2 is 2.12 bits per heavy atom. The summed E-state index contributed by atoms with van der Waals surface area (Å²) in [5.41, 5.74) is 3.96. The molecule has 0 unspecified atom stereocenters. The van der Waals surface area contributed by atoms with E-state index < -0.39 is 0 Å². The molecule has 25 heavy (non-hydrogen) atoms. The van der Waals surface area contributed by atoms with Crippen molar-refractivity contribution in [3.05, 3.63) is 58.6 Å². The van der Waals surface area contributed by atoms with E-state index in [2.05, 4.69) is 30.5 Å². The molecule has 8 nitrogen and oxygen atoms in total. The molecular formula is C17H14N6O2. The van der Waals surface area contributed by atoms with Gasteiger partial charge in [0.05, 0.1) is 19.7 Å². The second-order valence-corrected chi connectivity index (χ2v) is 5.29. The van der Waals surface area contributed by atoms with Gasteiger partial charge in [0.15, 0.2) is 11.2 Å². The third-order valence-corrected chi connectivity index (χ3v) is 3.81. The zero-order chi connectivity index (χ0) is 17.2. The summed E-state index contributed by atoms with van der Waals surface area (Å²) in [7, 11) is 1.62. The number of methoxy groups -OCH3 is 1. The number of aromatic amines is 2. The molecule has 0 amide bonds. The van der Waals surface area contributed by atoms with E-state index >= 15 is 0 Å². The van der Waals surface area contributed by atoms with Gasteiger partial charge in [0.25, 0.3) is 5.56 Å². The van der Waals surface area contributed by atoms with Crippen molar-refractivity contribution in [2.24, 2.45) is 5.10 Å². The Hall–Kier alpha value is -3.68. The minimum Gasteiger partial charge on any atom is -0.496 e. The lowest BCUT2D eigenvalue weighted by Gasteiger charge is -2.08. The number of ether oxygens (including phenoxy) is 1. The Bertz CT molecular complexity index is 1140. The molecule has 2 aromatic carbocycles. The topological polar surface area (TPSA) is 108 Å². The largest absolute Gasteiger partial charge is 0.496 e. The van der Waals surface area contributed by atoms with Crippen LogP contribution in [-0.4, -0.2) is 33.3 Å². The van der Waals surface area contributed by atoms with Crippen molar-refractivity contribution in [2.45, 2.75) is 0 Å². The number of hydrogen-bond donors (Lipinski definition) is 3. The van der Waals surface area contributed by atoms with Gasteiger partial charge in [-0.25, -0.2) is 10.4 Å². The summed E-state index contributed by atoms with van der Waals surface area (Å²) in [6, 6.07) is 11.9. The van der Waals surface area contributed by atoms with Crippen molar-refractivity contribution in [2.75, 3.05) is 12.5 Å². The molecule has 124 valence electrons. The highest BCUT2D eigenvalue weighted by molar-refractivity contribution is 6.02. The Kier molecular flexibility index (Phi) is 3.62. The molecule has 0 aliphatic heterocycles. The lowest BCUT2D eigenvalue weighted by atomic mass is 10.0. The number of aromatic nitrogens is 4. The molecule has 4 aromatic rings. The number of nitrogens with zero attached hydrogens (tertiary/aromatic N) is 3. The average molecular weight is 334 g/mol. The van der Waals surface area contributed by atoms with E-state index in [0.29, 0.717) is 22.9 Å². The van der Waals surface area contributed by atoms with Gasteiger partial charge in [-0.2, -0.15) is 10.1 Å². The Balaban J connectivity index is 1.68. The van der Waals surface area contributed by atoms with Crippen molar-refractivity contribution in [1.82, 2.24) is 19.9 Å². The van der Waals surface area contributed by atoms with E-state index in [4.69, 9.17) is 4.74 Å². The highest BCUT2D eigenvalue weighted by Crippen LogP contribution is 2.26. The first kappa shape index (κ1) is 14.9. The summed E-state index contributed by atoms with van der Waals surface area (Å²) in [5.74, 6) is 1.04. The molecule has 0 fully saturated rings. The summed E-state index contributed by atoms with van der Waals surface area (Å²) >= 11 is 0. The molecule has 0 spiro atoms. The minimum absolute atomic E-state index is 0.287. The van der Waals surface area contributed by atoms with Gasteiger partial charge in [-0.15, -0.1) is 0 Å². The van der Waals surface area contributed by atoms with Crippen molar-refractivity contribution in [1.29, 1.82) is 0 Å². The van der Waals surface area contributed by atoms with Crippen LogP contribution in [0.1, 0.15) is 5.56 Å². The number of hydrogen-bond acceptors (Lipinski definition) is 6. The molecule has 0 atom stereocenters. The number of fused-ring (bicyclic) bond motifs is 2. The highest BCUT2D eigenvalue weighted by Gasteiger charge is 2.07. The van der Waals surface area contributed by atoms with Crippen LogP contribution in [0.2, 0.25) is 0 Å². The maximum Gasteiger partial charge on any atom is 0.276 e. The number of nitrogens with one attached hydrogen (secondary N) is 3. The maximum absolute atomic E-state index is 11.7. The van der Waals surface area contributed by atoms with E-state index in [1.165, 1.54) is 6.33 Å². The van der Waals surface area contributed by atoms with Crippen LogP contribution in [-0.2, 0) is 0 Å². The standard InChI is InChI=1S/C17H14N6O2/c1-25-13-7-6-10-4-2-3-5-11(10)12(13)8-20-23-17-21-14-15(22-17)18-9-19-16(14)24/h2-9H,1H3,(H3,18,19,21,22,23,24)/b20-8-. The van der Waals surface area contributed by atoms with E-state index in [0.717, 1.165) is 16.3 Å². The third-order valence-electron chi connectivity index (χ3n) is 3.81. The molecule has 8 heteroatoms. The van der Waals surface area contributed by atoms with Gasteiger partial charge in [-0.3, -0.25) is 4.79 Å². The number of H-pyrrole nitrogens is 2. The lowest BCUT2D eigenvalue weighted by Crippen LogP contribution is -2.05. The first-order valence-corrected chi connectivity index (χ1v) is 7.54. The molecule has 0 bridgehead atoms. The Morgan fingerprint density at radius 3 is 2.96 bits per heavy atom. The van der Waals surface area contributed by atoms with Crippen LogP contribution in [0.5, 0.6) is 5.75 Å². The fourth-order valence-corrected chi connectivity index (χ4v) is 2.64. The van der Waals surface area contributed by atoms with Crippen molar-refractivity contribution >= 4 is 34.1 Å². The van der Waals surface area contributed by atoms with Gasteiger partial charge >= 0.3 is 0 Å². The molecule has 4 rings (SSSR count). The van der Waals surface area contributed by atoms with Crippen LogP contribution < -0.4 is 15.7 Å². The fraction of sp³-hybridized carbons (Fsp3) is 0.0588. The lowest BCUT2D eigenvalue weighted by molar-refractivity contribution is 0.415. The van der Waals surface area contributed by atoms with E-state index in [1.807, 2.05) is 36.4 Å². The normalized spacial score (nSPS) is 11.4. The molecule has 0 saturated carbocycles. The van der Waals surface area contributed by atoms with Gasteiger partial charge in [0, 0.05) is 5.56 Å². The summed E-state index contributed by atoms with van der Waals surface area (Å²) in [5, 5.41) is 6.32. The summed E-state index contributed by atoms with van der Waals surface area (Å²) < 4.78 is 5.42. The van der Waals surface area contributed by atoms with E-state index in [1.54, 1.807) is 13.3 Å². The molecule has 0 aliphatic rings. The molecule has 2 aromatic heterocycles. The first-order chi connectivity index (χ1) is 12.3. The van der Waals surface area contributed by atoms with Gasteiger partial charge in [-0.05, 0) is 16.8 Å². The smallest absolute Gasteiger partial charge is 0.276 e. The van der Waals surface area contributed by atoms with Gasteiger partial charge in [0.2, 0.25) is 5.95 Å².